The van der Waals surface area contributed by atoms with Gasteiger partial charge in [-0.15, -0.1) is 0 Å². The molecule has 0 aromatic carbocycles. The van der Waals surface area contributed by atoms with Crippen molar-refractivity contribution in [1.82, 2.24) is 0 Å². The monoisotopic (exact) mass is 394 g/mol. The first-order valence-electron chi connectivity index (χ1n) is 12.4. The van der Waals surface area contributed by atoms with E-state index in [0.29, 0.717) is 17.6 Å². The maximum absolute atomic E-state index is 12.2. The van der Waals surface area contributed by atoms with Gasteiger partial charge in [-0.25, -0.2) is 0 Å². The Morgan fingerprint density at radius 3 is 2.76 bits per heavy atom. The molecule has 5 saturated carbocycles. The summed E-state index contributed by atoms with van der Waals surface area (Å²) in [5, 5.41) is 10.3. The van der Waals surface area contributed by atoms with E-state index in [4.69, 9.17) is 4.74 Å². The summed E-state index contributed by atoms with van der Waals surface area (Å²) in [6, 6.07) is 0. The third-order valence-electron chi connectivity index (χ3n) is 10.8. The zero-order valence-electron chi connectivity index (χ0n) is 17.6. The highest BCUT2D eigenvalue weighted by atomic mass is 16.6. The molecule has 7 aliphatic rings. The number of hydrogen-bond acceptors (Lipinski definition) is 3. The Bertz CT molecular complexity index is 824. The molecule has 5 fully saturated rings. The Balaban J connectivity index is 1.33. The van der Waals surface area contributed by atoms with Gasteiger partial charge >= 0.3 is 0 Å². The number of aliphatic hydroxyl groups excluding tert-OH is 1. The van der Waals surface area contributed by atoms with Crippen LogP contribution in [0, 0.1) is 52.8 Å². The number of hydrogen-bond donors (Lipinski definition) is 1. The van der Waals surface area contributed by atoms with Crippen LogP contribution in [-0.4, -0.2) is 22.8 Å². The summed E-state index contributed by atoms with van der Waals surface area (Å²) in [5.74, 6) is 6.52. The van der Waals surface area contributed by atoms with Gasteiger partial charge in [0, 0.05) is 11.8 Å². The van der Waals surface area contributed by atoms with Crippen molar-refractivity contribution in [3.63, 3.8) is 0 Å². The van der Waals surface area contributed by atoms with Gasteiger partial charge in [0.2, 0.25) is 0 Å². The molecule has 0 bridgehead atoms. The molecule has 1 spiro atoms. The topological polar surface area (TPSA) is 46.5 Å². The highest BCUT2D eigenvalue weighted by Crippen LogP contribution is 2.79. The quantitative estimate of drug-likeness (QED) is 0.693. The van der Waals surface area contributed by atoms with Crippen molar-refractivity contribution in [1.29, 1.82) is 0 Å². The van der Waals surface area contributed by atoms with E-state index in [9.17, 15) is 9.90 Å². The summed E-state index contributed by atoms with van der Waals surface area (Å²) in [4.78, 5) is 12.2. The van der Waals surface area contributed by atoms with Crippen LogP contribution in [0.15, 0.2) is 23.8 Å². The first-order chi connectivity index (χ1) is 14.1. The molecule has 6 aliphatic carbocycles. The lowest BCUT2D eigenvalue weighted by Gasteiger charge is -2.60. The molecule has 0 aromatic heterocycles. The molecule has 4 unspecified atom stereocenters. The number of carbonyl (C=O) groups is 1. The molecule has 0 saturated heterocycles. The van der Waals surface area contributed by atoms with Crippen LogP contribution in [0.3, 0.4) is 0 Å². The van der Waals surface area contributed by atoms with Crippen LogP contribution in [0.5, 0.6) is 0 Å². The minimum absolute atomic E-state index is 0.200. The van der Waals surface area contributed by atoms with Crippen LogP contribution < -0.4 is 0 Å². The zero-order valence-corrected chi connectivity index (χ0v) is 17.6. The SMILES string of the molecule is CC[C@]12CCC3C(C1[C@@H]1C[C@@H]1[C@@]21C=CC(O)O1)[C@@H](C1CC1)CC1=CC(=O)CC[C@@H]13. The summed E-state index contributed by atoms with van der Waals surface area (Å²) in [6.07, 6.45) is 16.5. The number of carbonyl (C=O) groups excluding carboxylic acids is 1. The van der Waals surface area contributed by atoms with E-state index in [1.54, 1.807) is 0 Å². The first kappa shape index (κ1) is 17.7. The van der Waals surface area contributed by atoms with Crippen molar-refractivity contribution in [3.05, 3.63) is 23.8 Å². The van der Waals surface area contributed by atoms with Crippen molar-refractivity contribution < 1.29 is 14.6 Å². The standard InChI is InChI=1S/C26H34O3/c1-2-25-9-7-18-17-6-5-16(27)11-15(17)12-19(14-3-4-14)23(18)24(25)20-13-21(20)26(25)10-8-22(28)29-26/h8,10-11,14,17-24,28H,2-7,9,12-13H2,1H3/t17-,18?,19+,20+,21-,22?,23?,24?,25-,26-/m0/s1. The van der Waals surface area contributed by atoms with Gasteiger partial charge in [0.25, 0.3) is 0 Å². The van der Waals surface area contributed by atoms with Gasteiger partial charge in [-0.3, -0.25) is 4.79 Å². The van der Waals surface area contributed by atoms with Gasteiger partial charge in [0.05, 0.1) is 5.60 Å². The van der Waals surface area contributed by atoms with E-state index in [-0.39, 0.29) is 11.0 Å². The van der Waals surface area contributed by atoms with Crippen LogP contribution in [0.1, 0.15) is 64.7 Å². The smallest absolute Gasteiger partial charge is 0.175 e. The summed E-state index contributed by atoms with van der Waals surface area (Å²) >= 11 is 0. The number of rotatable bonds is 2. The molecule has 0 amide bonds. The van der Waals surface area contributed by atoms with Gasteiger partial charge in [0.1, 0.15) is 0 Å². The van der Waals surface area contributed by atoms with E-state index < -0.39 is 6.29 Å². The fourth-order valence-corrected chi connectivity index (χ4v) is 9.77. The van der Waals surface area contributed by atoms with Gasteiger partial charge in [0.15, 0.2) is 12.1 Å². The largest absolute Gasteiger partial charge is 0.365 e. The minimum atomic E-state index is -0.708. The second kappa shape index (κ2) is 5.65. The number of ether oxygens (including phenoxy) is 1. The summed E-state index contributed by atoms with van der Waals surface area (Å²) in [5.41, 5.74) is 1.54. The van der Waals surface area contributed by atoms with Gasteiger partial charge in [-0.05, 0) is 111 Å². The Morgan fingerprint density at radius 1 is 1.17 bits per heavy atom. The fourth-order valence-electron chi connectivity index (χ4n) is 9.77. The third-order valence-corrected chi connectivity index (χ3v) is 10.8. The van der Waals surface area contributed by atoms with Crippen molar-refractivity contribution in [2.24, 2.45) is 52.8 Å². The van der Waals surface area contributed by atoms with Gasteiger partial charge < -0.3 is 9.84 Å². The Labute approximate surface area is 174 Å². The molecule has 10 atom stereocenters. The van der Waals surface area contributed by atoms with E-state index in [0.717, 1.165) is 48.3 Å². The molecular weight excluding hydrogens is 360 g/mol. The molecule has 1 heterocycles. The molecule has 156 valence electrons. The van der Waals surface area contributed by atoms with Crippen LogP contribution in [0.4, 0.5) is 0 Å². The second-order valence-electron chi connectivity index (χ2n) is 11.5. The Hall–Kier alpha value is -0.930. The van der Waals surface area contributed by atoms with E-state index in [2.05, 4.69) is 19.1 Å². The predicted octanol–water partition coefficient (Wildman–Crippen LogP) is 4.65. The molecule has 29 heavy (non-hydrogen) atoms. The molecular formula is C26H34O3. The van der Waals surface area contributed by atoms with Gasteiger partial charge in [-0.2, -0.15) is 0 Å². The van der Waals surface area contributed by atoms with Crippen LogP contribution in [-0.2, 0) is 9.53 Å². The lowest BCUT2D eigenvalue weighted by Crippen LogP contribution is -2.58. The lowest BCUT2D eigenvalue weighted by molar-refractivity contribution is -0.206. The van der Waals surface area contributed by atoms with Crippen LogP contribution in [0.2, 0.25) is 0 Å². The predicted molar refractivity (Wildman–Crippen MR) is 110 cm³/mol. The van der Waals surface area contributed by atoms with Crippen LogP contribution in [0.25, 0.3) is 0 Å². The van der Waals surface area contributed by atoms with Crippen molar-refractivity contribution in [2.75, 3.05) is 0 Å². The summed E-state index contributed by atoms with van der Waals surface area (Å²) in [6.45, 7) is 2.39. The molecule has 3 nitrogen and oxygen atoms in total. The fraction of sp³-hybridized carbons (Fsp3) is 0.808. The number of fused-ring (bicyclic) bond motifs is 9. The molecule has 0 radical (unpaired) electrons. The summed E-state index contributed by atoms with van der Waals surface area (Å²) in [7, 11) is 0. The minimum Gasteiger partial charge on any atom is -0.365 e. The maximum atomic E-state index is 12.2. The summed E-state index contributed by atoms with van der Waals surface area (Å²) < 4.78 is 6.43. The first-order valence-corrected chi connectivity index (χ1v) is 12.4. The van der Waals surface area contributed by atoms with E-state index in [1.165, 1.54) is 50.5 Å². The van der Waals surface area contributed by atoms with Crippen molar-refractivity contribution >= 4 is 5.78 Å². The number of ketones is 1. The van der Waals surface area contributed by atoms with Crippen molar-refractivity contribution in [3.8, 4) is 0 Å². The molecule has 3 heteroatoms. The molecule has 7 rings (SSSR count). The highest BCUT2D eigenvalue weighted by Gasteiger charge is 2.78. The average Bonchev–Trinajstić information content (AvgIpc) is 3.64. The molecule has 1 N–H and O–H groups in total. The zero-order chi connectivity index (χ0) is 19.5. The van der Waals surface area contributed by atoms with Crippen LogP contribution >= 0.6 is 0 Å². The third kappa shape index (κ3) is 2.10. The van der Waals surface area contributed by atoms with Gasteiger partial charge in [-0.1, -0.05) is 18.6 Å². The lowest BCUT2D eigenvalue weighted by atomic mass is 9.45. The Morgan fingerprint density at radius 2 is 2.03 bits per heavy atom. The Kier molecular flexibility index (Phi) is 3.45. The van der Waals surface area contributed by atoms with E-state index >= 15 is 0 Å². The number of allylic oxidation sites excluding steroid dienone is 1. The van der Waals surface area contributed by atoms with E-state index in [1.807, 2.05) is 6.08 Å². The molecule has 1 aliphatic heterocycles. The maximum Gasteiger partial charge on any atom is 0.175 e. The molecule has 0 aromatic rings. The number of aliphatic hydroxyl groups is 1. The second-order valence-corrected chi connectivity index (χ2v) is 11.5. The van der Waals surface area contributed by atoms with Crippen molar-refractivity contribution in [2.45, 2.75) is 76.6 Å². The average molecular weight is 395 g/mol. The normalized spacial score (nSPS) is 57.2. The highest BCUT2D eigenvalue weighted by molar-refractivity contribution is 5.91.